The number of aromatic amines is 1. The second-order valence-corrected chi connectivity index (χ2v) is 6.29. The molecule has 2 heterocycles. The van der Waals surface area contributed by atoms with E-state index < -0.39 is 0 Å². The summed E-state index contributed by atoms with van der Waals surface area (Å²) in [5.41, 5.74) is 0.316. The van der Waals surface area contributed by atoms with E-state index in [4.69, 9.17) is 0 Å². The van der Waals surface area contributed by atoms with Crippen LogP contribution >= 0.6 is 0 Å². The van der Waals surface area contributed by atoms with Gasteiger partial charge in [0.1, 0.15) is 0 Å². The lowest BCUT2D eigenvalue weighted by molar-refractivity contribution is 0.0934. The van der Waals surface area contributed by atoms with E-state index in [1.54, 1.807) is 6.07 Å². The Morgan fingerprint density at radius 2 is 2.10 bits per heavy atom. The number of carbonyl (C=O) groups is 1. The van der Waals surface area contributed by atoms with E-state index in [-0.39, 0.29) is 11.5 Å². The predicted octanol–water partition coefficient (Wildman–Crippen LogP) is 1.47. The topological polar surface area (TPSA) is 65.2 Å². The van der Waals surface area contributed by atoms with Gasteiger partial charge in [-0.1, -0.05) is 13.8 Å². The molecule has 0 radical (unpaired) electrons. The van der Waals surface area contributed by atoms with Gasteiger partial charge in [0.2, 0.25) is 5.56 Å². The average molecular weight is 291 g/mol. The minimum atomic E-state index is -0.191. The van der Waals surface area contributed by atoms with Crippen LogP contribution in [-0.4, -0.2) is 42.0 Å². The lowest BCUT2D eigenvalue weighted by Gasteiger charge is -2.33. The molecule has 0 bridgehead atoms. The number of H-pyrrole nitrogens is 1. The first-order valence-corrected chi connectivity index (χ1v) is 7.74. The molecule has 5 heteroatoms. The molecule has 1 aromatic heterocycles. The number of amides is 1. The van der Waals surface area contributed by atoms with Crippen LogP contribution in [0.1, 0.15) is 37.0 Å². The van der Waals surface area contributed by atoms with Crippen LogP contribution < -0.4 is 10.9 Å². The number of rotatable bonds is 5. The van der Waals surface area contributed by atoms with Gasteiger partial charge >= 0.3 is 0 Å². The Bertz CT molecular complexity index is 496. The molecule has 5 nitrogen and oxygen atoms in total. The molecule has 1 fully saturated rings. The number of nitrogens with zero attached hydrogens (tertiary/aromatic N) is 1. The van der Waals surface area contributed by atoms with E-state index in [1.165, 1.54) is 12.3 Å². The third-order valence-corrected chi connectivity index (χ3v) is 3.93. The van der Waals surface area contributed by atoms with Gasteiger partial charge in [-0.05, 0) is 43.8 Å². The zero-order valence-electron chi connectivity index (χ0n) is 12.9. The fourth-order valence-corrected chi connectivity index (χ4v) is 2.78. The van der Waals surface area contributed by atoms with Gasteiger partial charge in [-0.2, -0.15) is 0 Å². The SMILES string of the molecule is CC(C)CN1CCC(CNC(=O)c2ccc(=O)[nH]c2)CC1. The largest absolute Gasteiger partial charge is 0.352 e. The number of hydrogen-bond donors (Lipinski definition) is 2. The molecule has 0 atom stereocenters. The molecule has 1 aromatic rings. The molecule has 21 heavy (non-hydrogen) atoms. The Morgan fingerprint density at radius 1 is 1.38 bits per heavy atom. The van der Waals surface area contributed by atoms with Crippen molar-refractivity contribution in [2.75, 3.05) is 26.2 Å². The smallest absolute Gasteiger partial charge is 0.252 e. The molecular formula is C16H25N3O2. The van der Waals surface area contributed by atoms with Crippen molar-refractivity contribution in [3.63, 3.8) is 0 Å². The minimum Gasteiger partial charge on any atom is -0.352 e. The average Bonchev–Trinajstić information content (AvgIpc) is 2.46. The zero-order valence-corrected chi connectivity index (χ0v) is 12.9. The number of pyridine rings is 1. The lowest BCUT2D eigenvalue weighted by Crippen LogP contribution is -2.40. The third-order valence-electron chi connectivity index (χ3n) is 3.93. The van der Waals surface area contributed by atoms with Crippen LogP contribution in [0.15, 0.2) is 23.1 Å². The normalized spacial score (nSPS) is 17.1. The first-order valence-electron chi connectivity index (χ1n) is 7.74. The Labute approximate surface area is 125 Å². The molecule has 2 N–H and O–H groups in total. The first-order chi connectivity index (χ1) is 10.0. The van der Waals surface area contributed by atoms with E-state index >= 15 is 0 Å². The number of aromatic nitrogens is 1. The van der Waals surface area contributed by atoms with E-state index in [2.05, 4.69) is 29.0 Å². The molecule has 0 aromatic carbocycles. The highest BCUT2D eigenvalue weighted by atomic mass is 16.1. The Hall–Kier alpha value is -1.62. The van der Waals surface area contributed by atoms with Gasteiger partial charge in [-0.3, -0.25) is 9.59 Å². The number of hydrogen-bond acceptors (Lipinski definition) is 3. The van der Waals surface area contributed by atoms with Crippen molar-refractivity contribution in [3.8, 4) is 0 Å². The summed E-state index contributed by atoms with van der Waals surface area (Å²) in [6.45, 7) is 8.62. The summed E-state index contributed by atoms with van der Waals surface area (Å²) in [5.74, 6) is 1.15. The van der Waals surface area contributed by atoms with E-state index in [1.807, 2.05) is 0 Å². The lowest BCUT2D eigenvalue weighted by atomic mass is 9.96. The fraction of sp³-hybridized carbons (Fsp3) is 0.625. The highest BCUT2D eigenvalue weighted by Gasteiger charge is 2.20. The summed E-state index contributed by atoms with van der Waals surface area (Å²) >= 11 is 0. The standard InChI is InChI=1S/C16H25N3O2/c1-12(2)11-19-7-5-13(6-8-19)9-18-16(21)14-3-4-15(20)17-10-14/h3-4,10,12-13H,5-9,11H2,1-2H3,(H,17,20)(H,18,21). The van der Waals surface area contributed by atoms with Gasteiger partial charge in [0.15, 0.2) is 0 Å². The van der Waals surface area contributed by atoms with E-state index in [9.17, 15) is 9.59 Å². The van der Waals surface area contributed by atoms with Gasteiger partial charge in [0.05, 0.1) is 5.56 Å². The van der Waals surface area contributed by atoms with Crippen LogP contribution in [0.2, 0.25) is 0 Å². The predicted molar refractivity (Wildman–Crippen MR) is 83.4 cm³/mol. The van der Waals surface area contributed by atoms with Crippen LogP contribution in [-0.2, 0) is 0 Å². The van der Waals surface area contributed by atoms with Crippen molar-refractivity contribution in [3.05, 3.63) is 34.2 Å². The fourth-order valence-electron chi connectivity index (χ4n) is 2.78. The van der Waals surface area contributed by atoms with E-state index in [0.29, 0.717) is 23.9 Å². The number of nitrogens with one attached hydrogen (secondary N) is 2. The maximum absolute atomic E-state index is 12.0. The molecule has 0 saturated carbocycles. The summed E-state index contributed by atoms with van der Waals surface area (Å²) in [6, 6.07) is 2.93. The number of likely N-dealkylation sites (tertiary alicyclic amines) is 1. The van der Waals surface area contributed by atoms with Crippen molar-refractivity contribution in [1.29, 1.82) is 0 Å². The second-order valence-electron chi connectivity index (χ2n) is 6.29. The van der Waals surface area contributed by atoms with Crippen LogP contribution in [0.5, 0.6) is 0 Å². The van der Waals surface area contributed by atoms with Crippen molar-refractivity contribution in [1.82, 2.24) is 15.2 Å². The highest BCUT2D eigenvalue weighted by molar-refractivity contribution is 5.93. The van der Waals surface area contributed by atoms with Gasteiger partial charge < -0.3 is 15.2 Å². The quantitative estimate of drug-likeness (QED) is 0.863. The number of carbonyl (C=O) groups excluding carboxylic acids is 1. The summed E-state index contributed by atoms with van der Waals surface area (Å²) in [5, 5.41) is 2.96. The molecule has 1 aliphatic heterocycles. The molecule has 1 aliphatic rings. The summed E-state index contributed by atoms with van der Waals surface area (Å²) < 4.78 is 0. The van der Waals surface area contributed by atoms with Crippen LogP contribution in [0.3, 0.4) is 0 Å². The Morgan fingerprint density at radius 3 is 2.67 bits per heavy atom. The number of piperidine rings is 1. The summed E-state index contributed by atoms with van der Waals surface area (Å²) in [4.78, 5) is 28.0. The first kappa shape index (κ1) is 15.8. The minimum absolute atomic E-state index is 0.115. The molecule has 0 aliphatic carbocycles. The van der Waals surface area contributed by atoms with Crippen molar-refractivity contribution >= 4 is 5.91 Å². The molecule has 1 amide bonds. The van der Waals surface area contributed by atoms with Crippen LogP contribution in [0.25, 0.3) is 0 Å². The van der Waals surface area contributed by atoms with E-state index in [0.717, 1.165) is 32.5 Å². The van der Waals surface area contributed by atoms with Crippen molar-refractivity contribution in [2.24, 2.45) is 11.8 Å². The highest BCUT2D eigenvalue weighted by Crippen LogP contribution is 2.17. The maximum atomic E-state index is 12.0. The molecule has 116 valence electrons. The monoisotopic (exact) mass is 291 g/mol. The van der Waals surface area contributed by atoms with Crippen LogP contribution in [0.4, 0.5) is 0 Å². The maximum Gasteiger partial charge on any atom is 0.252 e. The second kappa shape index (κ2) is 7.41. The zero-order chi connectivity index (χ0) is 15.2. The molecule has 0 unspecified atom stereocenters. The van der Waals surface area contributed by atoms with Crippen LogP contribution in [0, 0.1) is 11.8 Å². The van der Waals surface area contributed by atoms with Gasteiger partial charge in [0, 0.05) is 25.4 Å². The molecule has 1 saturated heterocycles. The summed E-state index contributed by atoms with van der Waals surface area (Å²) in [7, 11) is 0. The molecular weight excluding hydrogens is 266 g/mol. The van der Waals surface area contributed by atoms with Crippen molar-refractivity contribution in [2.45, 2.75) is 26.7 Å². The molecule has 0 spiro atoms. The van der Waals surface area contributed by atoms with Gasteiger partial charge in [-0.15, -0.1) is 0 Å². The Kier molecular flexibility index (Phi) is 5.56. The van der Waals surface area contributed by atoms with Gasteiger partial charge in [0.25, 0.3) is 5.91 Å². The summed E-state index contributed by atoms with van der Waals surface area (Å²) in [6.07, 6.45) is 3.74. The van der Waals surface area contributed by atoms with Crippen molar-refractivity contribution < 1.29 is 4.79 Å². The van der Waals surface area contributed by atoms with Gasteiger partial charge in [-0.25, -0.2) is 0 Å². The third kappa shape index (κ3) is 5.01. The molecule has 2 rings (SSSR count). The Balaban J connectivity index is 1.73.